The first-order valence-corrected chi connectivity index (χ1v) is 5.68. The maximum Gasteiger partial charge on any atom is 0.328 e. The molecule has 0 fully saturated rings. The third-order valence-corrected chi connectivity index (χ3v) is 2.44. The largest absolute Gasteiger partial charge is 0.464 e. The first kappa shape index (κ1) is 12.3. The van der Waals surface area contributed by atoms with E-state index in [0.717, 1.165) is 0 Å². The molecule has 1 atom stereocenters. The van der Waals surface area contributed by atoms with E-state index in [-0.39, 0.29) is 11.8 Å². The van der Waals surface area contributed by atoms with Gasteiger partial charge in [-0.25, -0.2) is 14.2 Å². The van der Waals surface area contributed by atoms with Crippen LogP contribution in [0, 0.1) is 5.82 Å². The van der Waals surface area contributed by atoms with E-state index < -0.39 is 6.04 Å². The summed E-state index contributed by atoms with van der Waals surface area (Å²) in [5.41, 5.74) is 1.21. The minimum Gasteiger partial charge on any atom is -0.464 e. The summed E-state index contributed by atoms with van der Waals surface area (Å²) < 4.78 is 17.9. The van der Waals surface area contributed by atoms with Gasteiger partial charge in [0.05, 0.1) is 17.6 Å². The summed E-state index contributed by atoms with van der Waals surface area (Å²) in [5, 5.41) is 2.87. The molecule has 0 saturated heterocycles. The average molecular weight is 251 g/mol. The fraction of sp³-hybridized carbons (Fsp3) is 0.333. The van der Waals surface area contributed by atoms with Crippen molar-refractivity contribution in [2.75, 3.05) is 11.9 Å². The number of halogens is 1. The van der Waals surface area contributed by atoms with E-state index in [4.69, 9.17) is 4.74 Å². The number of nitrogens with one attached hydrogen (secondary N) is 2. The number of imidazole rings is 1. The molecular weight excluding hydrogens is 237 g/mol. The Labute approximate surface area is 103 Å². The molecule has 2 rings (SSSR count). The molecule has 1 aromatic carbocycles. The van der Waals surface area contributed by atoms with Gasteiger partial charge in [0, 0.05) is 0 Å². The highest BCUT2D eigenvalue weighted by molar-refractivity contribution is 5.81. The molecule has 2 aromatic rings. The number of H-pyrrole nitrogens is 1. The third-order valence-electron chi connectivity index (χ3n) is 2.44. The van der Waals surface area contributed by atoms with Gasteiger partial charge in [-0.15, -0.1) is 0 Å². The molecule has 0 aliphatic rings. The molecule has 2 N–H and O–H groups in total. The van der Waals surface area contributed by atoms with E-state index in [1.54, 1.807) is 19.9 Å². The lowest BCUT2D eigenvalue weighted by Crippen LogP contribution is -2.28. The number of esters is 1. The minimum atomic E-state index is -0.518. The van der Waals surface area contributed by atoms with Crippen LogP contribution >= 0.6 is 0 Å². The predicted octanol–water partition coefficient (Wildman–Crippen LogP) is 2.07. The van der Waals surface area contributed by atoms with Gasteiger partial charge in [0.2, 0.25) is 5.95 Å². The zero-order valence-corrected chi connectivity index (χ0v) is 10.2. The SMILES string of the molecule is CCOC(=O)C(C)Nc1nc2ccc(F)cc2[nH]1. The number of anilines is 1. The lowest BCUT2D eigenvalue weighted by Gasteiger charge is -2.10. The van der Waals surface area contributed by atoms with Crippen LogP contribution in [0.3, 0.4) is 0 Å². The lowest BCUT2D eigenvalue weighted by molar-refractivity contribution is -0.143. The number of carbonyl (C=O) groups excluding carboxylic acids is 1. The van der Waals surface area contributed by atoms with Gasteiger partial charge in [-0.3, -0.25) is 0 Å². The number of nitrogens with zero attached hydrogens (tertiary/aromatic N) is 1. The van der Waals surface area contributed by atoms with Crippen molar-refractivity contribution in [2.45, 2.75) is 19.9 Å². The van der Waals surface area contributed by atoms with E-state index in [0.29, 0.717) is 23.6 Å². The van der Waals surface area contributed by atoms with Crippen LogP contribution in [0.4, 0.5) is 10.3 Å². The maximum absolute atomic E-state index is 13.0. The molecule has 1 heterocycles. The molecule has 1 unspecified atom stereocenters. The van der Waals surface area contributed by atoms with Crippen LogP contribution in [0.2, 0.25) is 0 Å². The maximum atomic E-state index is 13.0. The van der Waals surface area contributed by atoms with Gasteiger partial charge in [0.15, 0.2) is 0 Å². The molecule has 5 nitrogen and oxygen atoms in total. The van der Waals surface area contributed by atoms with Gasteiger partial charge in [0.25, 0.3) is 0 Å². The molecule has 18 heavy (non-hydrogen) atoms. The summed E-state index contributed by atoms with van der Waals surface area (Å²) in [6.45, 7) is 3.75. The zero-order chi connectivity index (χ0) is 13.1. The first-order chi connectivity index (χ1) is 8.60. The quantitative estimate of drug-likeness (QED) is 0.816. The van der Waals surface area contributed by atoms with Crippen molar-refractivity contribution in [3.63, 3.8) is 0 Å². The van der Waals surface area contributed by atoms with Crippen molar-refractivity contribution in [3.05, 3.63) is 24.0 Å². The van der Waals surface area contributed by atoms with Crippen molar-refractivity contribution in [1.29, 1.82) is 0 Å². The Kier molecular flexibility index (Phi) is 3.45. The lowest BCUT2D eigenvalue weighted by atomic mass is 10.3. The Bertz CT molecular complexity index is 567. The Hall–Kier alpha value is -2.11. The number of ether oxygens (including phenoxy) is 1. The van der Waals surface area contributed by atoms with E-state index in [9.17, 15) is 9.18 Å². The van der Waals surface area contributed by atoms with Crippen molar-refractivity contribution in [1.82, 2.24) is 9.97 Å². The first-order valence-electron chi connectivity index (χ1n) is 5.68. The second-order valence-electron chi connectivity index (χ2n) is 3.86. The summed E-state index contributed by atoms with van der Waals surface area (Å²) >= 11 is 0. The van der Waals surface area contributed by atoms with Crippen LogP contribution in [0.5, 0.6) is 0 Å². The number of aromatic amines is 1. The molecule has 96 valence electrons. The highest BCUT2D eigenvalue weighted by Crippen LogP contribution is 2.16. The van der Waals surface area contributed by atoms with Crippen LogP contribution in [0.25, 0.3) is 11.0 Å². The third kappa shape index (κ3) is 2.58. The monoisotopic (exact) mass is 251 g/mol. The molecule has 0 bridgehead atoms. The van der Waals surface area contributed by atoms with E-state index >= 15 is 0 Å². The molecule has 0 aliphatic carbocycles. The highest BCUT2D eigenvalue weighted by atomic mass is 19.1. The Balaban J connectivity index is 2.14. The Morgan fingerprint density at radius 1 is 1.61 bits per heavy atom. The normalized spacial score (nSPS) is 12.4. The standard InChI is InChI=1S/C12H14FN3O2/c1-3-18-11(17)7(2)14-12-15-9-5-4-8(13)6-10(9)16-12/h4-7H,3H2,1-2H3,(H2,14,15,16). The van der Waals surface area contributed by atoms with Crippen LogP contribution in [-0.2, 0) is 9.53 Å². The van der Waals surface area contributed by atoms with Gasteiger partial charge in [-0.05, 0) is 32.0 Å². The summed E-state index contributed by atoms with van der Waals surface area (Å²) in [5.74, 6) is -0.281. The highest BCUT2D eigenvalue weighted by Gasteiger charge is 2.15. The molecule has 0 aliphatic heterocycles. The summed E-state index contributed by atoms with van der Waals surface area (Å²) in [7, 11) is 0. The van der Waals surface area contributed by atoms with Gasteiger partial charge in [-0.1, -0.05) is 0 Å². The molecular formula is C12H14FN3O2. The van der Waals surface area contributed by atoms with E-state index in [2.05, 4.69) is 15.3 Å². The van der Waals surface area contributed by atoms with E-state index in [1.165, 1.54) is 12.1 Å². The topological polar surface area (TPSA) is 67.0 Å². The van der Waals surface area contributed by atoms with Crippen LogP contribution in [0.1, 0.15) is 13.8 Å². The van der Waals surface area contributed by atoms with Crippen molar-refractivity contribution in [3.8, 4) is 0 Å². The van der Waals surface area contributed by atoms with Crippen LogP contribution < -0.4 is 5.32 Å². The average Bonchev–Trinajstić information content (AvgIpc) is 2.70. The molecule has 6 heteroatoms. The zero-order valence-electron chi connectivity index (χ0n) is 10.2. The summed E-state index contributed by atoms with van der Waals surface area (Å²) in [4.78, 5) is 18.5. The molecule has 0 saturated carbocycles. The fourth-order valence-electron chi connectivity index (χ4n) is 1.58. The second-order valence-corrected chi connectivity index (χ2v) is 3.86. The summed E-state index contributed by atoms with van der Waals surface area (Å²) in [6.07, 6.45) is 0. The number of benzene rings is 1. The van der Waals surface area contributed by atoms with Crippen molar-refractivity contribution < 1.29 is 13.9 Å². The fourth-order valence-corrected chi connectivity index (χ4v) is 1.58. The van der Waals surface area contributed by atoms with Crippen molar-refractivity contribution in [2.24, 2.45) is 0 Å². The molecule has 0 spiro atoms. The number of rotatable bonds is 4. The Morgan fingerprint density at radius 3 is 3.11 bits per heavy atom. The second kappa shape index (κ2) is 5.03. The van der Waals surface area contributed by atoms with Crippen LogP contribution in [-0.4, -0.2) is 28.6 Å². The van der Waals surface area contributed by atoms with Gasteiger partial charge in [-0.2, -0.15) is 0 Å². The molecule has 0 amide bonds. The predicted molar refractivity (Wildman–Crippen MR) is 65.8 cm³/mol. The van der Waals surface area contributed by atoms with Crippen LogP contribution in [0.15, 0.2) is 18.2 Å². The molecule has 0 radical (unpaired) electrons. The summed E-state index contributed by atoms with van der Waals surface area (Å²) in [6, 6.07) is 3.74. The van der Waals surface area contributed by atoms with Gasteiger partial charge < -0.3 is 15.0 Å². The minimum absolute atomic E-state index is 0.330. The smallest absolute Gasteiger partial charge is 0.328 e. The molecule has 1 aromatic heterocycles. The van der Waals surface area contributed by atoms with Gasteiger partial charge >= 0.3 is 5.97 Å². The Morgan fingerprint density at radius 2 is 2.39 bits per heavy atom. The number of aromatic nitrogens is 2. The number of hydrogen-bond donors (Lipinski definition) is 2. The number of hydrogen-bond acceptors (Lipinski definition) is 4. The number of carbonyl (C=O) groups is 1. The van der Waals surface area contributed by atoms with Crippen molar-refractivity contribution >= 4 is 23.0 Å². The van der Waals surface area contributed by atoms with E-state index in [1.807, 2.05) is 0 Å². The van der Waals surface area contributed by atoms with Gasteiger partial charge in [0.1, 0.15) is 11.9 Å². The number of fused-ring (bicyclic) bond motifs is 1.